The molecule has 1 aliphatic carbocycles. The fourth-order valence-corrected chi connectivity index (χ4v) is 6.10. The summed E-state index contributed by atoms with van der Waals surface area (Å²) >= 11 is 0. The van der Waals surface area contributed by atoms with Gasteiger partial charge in [-0.25, -0.2) is 18.1 Å². The molecule has 3 heterocycles. The summed E-state index contributed by atoms with van der Waals surface area (Å²) in [6.45, 7) is 2.98. The van der Waals surface area contributed by atoms with E-state index in [9.17, 15) is 21.6 Å². The lowest BCUT2D eigenvalue weighted by atomic mass is 9.86. The third-order valence-electron chi connectivity index (χ3n) is 6.40. The van der Waals surface area contributed by atoms with Gasteiger partial charge >= 0.3 is 6.18 Å². The summed E-state index contributed by atoms with van der Waals surface area (Å²) in [4.78, 5) is 14.4. The van der Waals surface area contributed by atoms with Crippen molar-refractivity contribution in [1.29, 1.82) is 0 Å². The number of aliphatic imine (C=N–C) groups is 2. The normalized spacial score (nSPS) is 28.5. The standard InChI is InChI=1S/C19H26F3N5O2S/c1-2-13-7-12(9-26-30(28,29)6-4-19(20,21)22)8-14(13)16-10-24-17-11-25-18-15(27(16)17)3-5-23-18/h3,5,11-14,16,23,26H,2,4,6-10H2,1H3/t12-,13-,14+,16?/m0/s1. The van der Waals surface area contributed by atoms with Crippen molar-refractivity contribution in [3.8, 4) is 0 Å². The molecule has 0 amide bonds. The number of aromatic amines is 1. The minimum Gasteiger partial charge on any atom is -0.345 e. The molecular weight excluding hydrogens is 419 g/mol. The summed E-state index contributed by atoms with van der Waals surface area (Å²) in [7, 11) is -3.94. The molecule has 30 heavy (non-hydrogen) atoms. The van der Waals surface area contributed by atoms with E-state index in [1.165, 1.54) is 0 Å². The molecule has 1 saturated carbocycles. The Bertz CT molecular complexity index is 940. The van der Waals surface area contributed by atoms with Gasteiger partial charge in [-0.2, -0.15) is 13.2 Å². The predicted octanol–water partition coefficient (Wildman–Crippen LogP) is 3.24. The Labute approximate surface area is 173 Å². The molecule has 2 N–H and O–H groups in total. The number of hydrogen-bond acceptors (Lipinski definition) is 5. The van der Waals surface area contributed by atoms with E-state index >= 15 is 0 Å². The highest BCUT2D eigenvalue weighted by Gasteiger charge is 2.44. The second-order valence-electron chi connectivity index (χ2n) is 8.31. The fraction of sp³-hybridized carbons (Fsp3) is 0.684. The van der Waals surface area contributed by atoms with Crippen molar-refractivity contribution in [2.75, 3.05) is 23.7 Å². The number of fused-ring (bicyclic) bond motifs is 3. The average molecular weight is 446 g/mol. The summed E-state index contributed by atoms with van der Waals surface area (Å²) in [5.41, 5.74) is 1.00. The maximum Gasteiger partial charge on any atom is 0.390 e. The topological polar surface area (TPSA) is 89.9 Å². The molecule has 7 nitrogen and oxygen atoms in total. The van der Waals surface area contributed by atoms with Gasteiger partial charge in [-0.05, 0) is 36.7 Å². The average Bonchev–Trinajstić information content (AvgIpc) is 3.40. The summed E-state index contributed by atoms with van der Waals surface area (Å²) in [5.74, 6) is 1.58. The Kier molecular flexibility index (Phi) is 5.69. The summed E-state index contributed by atoms with van der Waals surface area (Å²) in [6.07, 6.45) is 0.458. The molecule has 0 radical (unpaired) electrons. The van der Waals surface area contributed by atoms with Gasteiger partial charge in [0.05, 0.1) is 36.7 Å². The van der Waals surface area contributed by atoms with Crippen LogP contribution in [0.3, 0.4) is 0 Å². The van der Waals surface area contributed by atoms with Crippen LogP contribution in [-0.2, 0) is 10.0 Å². The molecule has 0 saturated heterocycles. The van der Waals surface area contributed by atoms with Crippen molar-refractivity contribution in [3.63, 3.8) is 0 Å². The number of hydrogen-bond donors (Lipinski definition) is 2. The number of alkyl halides is 3. The molecule has 3 aliphatic rings. The van der Waals surface area contributed by atoms with Crippen molar-refractivity contribution in [2.45, 2.75) is 44.8 Å². The van der Waals surface area contributed by atoms with Crippen molar-refractivity contribution in [1.82, 2.24) is 9.71 Å². The van der Waals surface area contributed by atoms with Crippen molar-refractivity contribution >= 4 is 33.6 Å². The lowest BCUT2D eigenvalue weighted by Gasteiger charge is -2.34. The molecule has 0 spiro atoms. The Morgan fingerprint density at radius 1 is 1.33 bits per heavy atom. The molecule has 11 heteroatoms. The lowest BCUT2D eigenvalue weighted by molar-refractivity contribution is -0.129. The zero-order chi connectivity index (χ0) is 21.5. The Morgan fingerprint density at radius 3 is 2.87 bits per heavy atom. The molecule has 4 atom stereocenters. The van der Waals surface area contributed by atoms with Gasteiger partial charge < -0.3 is 9.88 Å². The molecule has 0 aromatic carbocycles. The van der Waals surface area contributed by atoms with E-state index in [4.69, 9.17) is 0 Å². The van der Waals surface area contributed by atoms with Crippen LogP contribution in [0.5, 0.6) is 0 Å². The van der Waals surface area contributed by atoms with Gasteiger partial charge in [-0.15, -0.1) is 0 Å². The van der Waals surface area contributed by atoms with Crippen LogP contribution in [0, 0.1) is 17.8 Å². The van der Waals surface area contributed by atoms with Gasteiger partial charge in [0.15, 0.2) is 5.82 Å². The van der Waals surface area contributed by atoms with Gasteiger partial charge in [-0.1, -0.05) is 13.3 Å². The summed E-state index contributed by atoms with van der Waals surface area (Å²) < 4.78 is 63.4. The zero-order valence-electron chi connectivity index (χ0n) is 16.7. The van der Waals surface area contributed by atoms with Crippen LogP contribution in [0.4, 0.5) is 24.7 Å². The van der Waals surface area contributed by atoms with Crippen LogP contribution in [0.25, 0.3) is 0 Å². The minimum absolute atomic E-state index is 0.105. The molecule has 1 fully saturated rings. The Morgan fingerprint density at radius 2 is 2.13 bits per heavy atom. The van der Waals surface area contributed by atoms with Gasteiger partial charge in [0.1, 0.15) is 5.84 Å². The van der Waals surface area contributed by atoms with E-state index in [1.807, 2.05) is 12.3 Å². The second-order valence-corrected chi connectivity index (χ2v) is 10.2. The quantitative estimate of drug-likeness (QED) is 0.675. The van der Waals surface area contributed by atoms with Crippen molar-refractivity contribution < 1.29 is 21.6 Å². The Hall–Kier alpha value is -1.88. The number of sulfonamides is 1. The third kappa shape index (κ3) is 4.41. The minimum atomic E-state index is -4.48. The first-order chi connectivity index (χ1) is 14.2. The molecule has 0 bridgehead atoms. The van der Waals surface area contributed by atoms with E-state index in [0.29, 0.717) is 18.4 Å². The smallest absolute Gasteiger partial charge is 0.345 e. The SMILES string of the molecule is CC[C@H]1C[C@H](CNS(=O)(=O)CCC(F)(F)F)C[C@H]1C1CN=C2C=Nc3[nH]ccc3N21. The molecule has 2 aliphatic heterocycles. The number of nitrogens with one attached hydrogen (secondary N) is 2. The molecular formula is C19H26F3N5O2S. The van der Waals surface area contributed by atoms with Crippen LogP contribution in [-0.4, -0.2) is 56.5 Å². The number of rotatable bonds is 7. The number of anilines is 1. The highest BCUT2D eigenvalue weighted by molar-refractivity contribution is 7.89. The van der Waals surface area contributed by atoms with Crippen LogP contribution in [0.1, 0.15) is 32.6 Å². The van der Waals surface area contributed by atoms with Crippen LogP contribution in [0.15, 0.2) is 22.2 Å². The van der Waals surface area contributed by atoms with Gasteiger partial charge in [0.25, 0.3) is 0 Å². The summed E-state index contributed by atoms with van der Waals surface area (Å²) in [5, 5.41) is 0. The summed E-state index contributed by atoms with van der Waals surface area (Å²) in [6, 6.07) is 2.17. The van der Waals surface area contributed by atoms with E-state index in [2.05, 4.69) is 31.5 Å². The van der Waals surface area contributed by atoms with Gasteiger partial charge in [0.2, 0.25) is 10.0 Å². The maximum absolute atomic E-state index is 12.3. The number of aromatic nitrogens is 1. The first kappa shape index (κ1) is 21.4. The number of amidine groups is 1. The maximum atomic E-state index is 12.3. The number of nitrogens with zero attached hydrogens (tertiary/aromatic N) is 3. The first-order valence-electron chi connectivity index (χ1n) is 10.3. The highest BCUT2D eigenvalue weighted by atomic mass is 32.2. The second kappa shape index (κ2) is 7.99. The molecule has 1 unspecified atom stereocenters. The number of halogens is 3. The van der Waals surface area contributed by atoms with E-state index in [-0.39, 0.29) is 18.5 Å². The fourth-order valence-electron chi connectivity index (χ4n) is 4.97. The van der Waals surface area contributed by atoms with E-state index in [0.717, 1.165) is 36.6 Å². The lowest BCUT2D eigenvalue weighted by Crippen LogP contribution is -2.44. The van der Waals surface area contributed by atoms with E-state index < -0.39 is 28.4 Å². The van der Waals surface area contributed by atoms with Crippen LogP contribution >= 0.6 is 0 Å². The van der Waals surface area contributed by atoms with Gasteiger partial charge in [-0.3, -0.25) is 4.99 Å². The predicted molar refractivity (Wildman–Crippen MR) is 110 cm³/mol. The highest BCUT2D eigenvalue weighted by Crippen LogP contribution is 2.45. The first-order valence-corrected chi connectivity index (χ1v) is 11.9. The van der Waals surface area contributed by atoms with Crippen molar-refractivity contribution in [3.05, 3.63) is 12.3 Å². The largest absolute Gasteiger partial charge is 0.390 e. The van der Waals surface area contributed by atoms with Crippen LogP contribution < -0.4 is 9.62 Å². The molecule has 1 aromatic heterocycles. The van der Waals surface area contributed by atoms with Gasteiger partial charge in [0, 0.05) is 12.7 Å². The number of H-pyrrole nitrogens is 1. The third-order valence-corrected chi connectivity index (χ3v) is 7.75. The zero-order valence-corrected chi connectivity index (χ0v) is 17.5. The monoisotopic (exact) mass is 445 g/mol. The molecule has 1 aromatic rings. The van der Waals surface area contributed by atoms with E-state index in [1.54, 1.807) is 6.21 Å². The Balaban J connectivity index is 1.40. The molecule has 4 rings (SSSR count). The van der Waals surface area contributed by atoms with Crippen molar-refractivity contribution in [2.24, 2.45) is 27.7 Å². The molecule has 166 valence electrons. The van der Waals surface area contributed by atoms with Crippen LogP contribution in [0.2, 0.25) is 0 Å².